The molecule has 1 aliphatic carbocycles. The summed E-state index contributed by atoms with van der Waals surface area (Å²) in [7, 11) is 0. The second-order valence-corrected chi connectivity index (χ2v) is 3.73. The van der Waals surface area contributed by atoms with Crippen molar-refractivity contribution >= 4 is 5.95 Å². The van der Waals surface area contributed by atoms with E-state index in [2.05, 4.69) is 15.3 Å². The molecule has 1 saturated carbocycles. The Kier molecular flexibility index (Phi) is 2.28. The van der Waals surface area contributed by atoms with Crippen molar-refractivity contribution in [2.45, 2.75) is 25.6 Å². The van der Waals surface area contributed by atoms with Gasteiger partial charge in [0, 0.05) is 12.2 Å². The molecule has 82 valence electrons. The summed E-state index contributed by atoms with van der Waals surface area (Å²) in [6.07, 6.45) is -2.33. The summed E-state index contributed by atoms with van der Waals surface area (Å²) in [6, 6.07) is 1.08. The average molecular weight is 217 g/mol. The zero-order valence-electron chi connectivity index (χ0n) is 8.04. The third-order valence-electron chi connectivity index (χ3n) is 2.37. The van der Waals surface area contributed by atoms with Gasteiger partial charge >= 0.3 is 6.18 Å². The molecule has 15 heavy (non-hydrogen) atoms. The second-order valence-electron chi connectivity index (χ2n) is 3.73. The molecular formula is C9H10F3N3. The Morgan fingerprint density at radius 2 is 2.13 bits per heavy atom. The van der Waals surface area contributed by atoms with Gasteiger partial charge in [-0.3, -0.25) is 0 Å². The number of alkyl halides is 3. The Hall–Kier alpha value is -1.33. The van der Waals surface area contributed by atoms with E-state index in [1.807, 2.05) is 6.92 Å². The lowest BCUT2D eigenvalue weighted by Crippen LogP contribution is -2.13. The van der Waals surface area contributed by atoms with Gasteiger partial charge in [-0.05, 0) is 18.4 Å². The zero-order valence-corrected chi connectivity index (χ0v) is 8.04. The van der Waals surface area contributed by atoms with Crippen LogP contribution >= 0.6 is 0 Å². The topological polar surface area (TPSA) is 37.8 Å². The number of halogens is 3. The first-order valence-corrected chi connectivity index (χ1v) is 4.63. The normalized spacial score (nSPS) is 25.1. The predicted octanol–water partition coefficient (Wildman–Crippen LogP) is 2.32. The van der Waals surface area contributed by atoms with Gasteiger partial charge in [0.15, 0.2) is 0 Å². The van der Waals surface area contributed by atoms with Gasteiger partial charge in [0.05, 0.1) is 0 Å². The summed E-state index contributed by atoms with van der Waals surface area (Å²) < 4.78 is 36.8. The van der Waals surface area contributed by atoms with Crippen LogP contribution in [-0.4, -0.2) is 16.0 Å². The van der Waals surface area contributed by atoms with Gasteiger partial charge in [0.1, 0.15) is 5.69 Å². The Morgan fingerprint density at radius 3 is 2.67 bits per heavy atom. The molecule has 1 N–H and O–H groups in total. The monoisotopic (exact) mass is 217 g/mol. The van der Waals surface area contributed by atoms with Crippen molar-refractivity contribution in [2.24, 2.45) is 5.92 Å². The van der Waals surface area contributed by atoms with Gasteiger partial charge in [-0.25, -0.2) is 9.97 Å². The maximum absolute atomic E-state index is 12.3. The van der Waals surface area contributed by atoms with Crippen LogP contribution in [0.2, 0.25) is 0 Å². The summed E-state index contributed by atoms with van der Waals surface area (Å²) in [5, 5.41) is 2.86. The highest BCUT2D eigenvalue weighted by Crippen LogP contribution is 2.32. The summed E-state index contributed by atoms with van der Waals surface area (Å²) in [5.74, 6) is 0.544. The summed E-state index contributed by atoms with van der Waals surface area (Å²) in [6.45, 7) is 2.02. The fraction of sp³-hybridized carbons (Fsp3) is 0.556. The van der Waals surface area contributed by atoms with Crippen LogP contribution in [-0.2, 0) is 6.18 Å². The lowest BCUT2D eigenvalue weighted by atomic mass is 10.4. The Labute approximate surface area is 84.7 Å². The van der Waals surface area contributed by atoms with Crippen LogP contribution < -0.4 is 5.32 Å². The minimum absolute atomic E-state index is 0.0548. The number of hydrogen-bond acceptors (Lipinski definition) is 3. The maximum atomic E-state index is 12.3. The largest absolute Gasteiger partial charge is 0.433 e. The molecule has 0 bridgehead atoms. The van der Waals surface area contributed by atoms with Crippen LogP contribution in [0.15, 0.2) is 12.3 Å². The molecular weight excluding hydrogens is 207 g/mol. The van der Waals surface area contributed by atoms with E-state index in [-0.39, 0.29) is 12.0 Å². The molecule has 0 amide bonds. The van der Waals surface area contributed by atoms with Gasteiger partial charge < -0.3 is 5.32 Å². The molecule has 0 saturated heterocycles. The SMILES string of the molecule is CC1CC1Nc1nccc(C(F)(F)F)n1. The minimum atomic E-state index is -4.41. The third kappa shape index (κ3) is 2.37. The smallest absolute Gasteiger partial charge is 0.351 e. The van der Waals surface area contributed by atoms with Crippen LogP contribution in [0.3, 0.4) is 0 Å². The number of nitrogens with zero attached hydrogens (tertiary/aromatic N) is 2. The standard InChI is InChI=1S/C9H10F3N3/c1-5-4-6(5)14-8-13-3-2-7(15-8)9(10,11)12/h2-3,5-6H,4H2,1H3,(H,13,14,15). The lowest BCUT2D eigenvalue weighted by molar-refractivity contribution is -0.141. The quantitative estimate of drug-likeness (QED) is 0.826. The van der Waals surface area contributed by atoms with Crippen molar-refractivity contribution in [1.82, 2.24) is 9.97 Å². The summed E-state index contributed by atoms with van der Waals surface area (Å²) in [4.78, 5) is 7.16. The van der Waals surface area contributed by atoms with Crippen LogP contribution in [0.1, 0.15) is 19.0 Å². The van der Waals surface area contributed by atoms with Crippen molar-refractivity contribution in [3.8, 4) is 0 Å². The Balaban J connectivity index is 2.12. The van der Waals surface area contributed by atoms with Gasteiger partial charge in [0.25, 0.3) is 0 Å². The molecule has 1 aromatic heterocycles. The predicted molar refractivity (Wildman–Crippen MR) is 48.2 cm³/mol. The second kappa shape index (κ2) is 3.36. The van der Waals surface area contributed by atoms with Gasteiger partial charge in [-0.1, -0.05) is 6.92 Å². The summed E-state index contributed by atoms with van der Waals surface area (Å²) in [5.41, 5.74) is -0.909. The molecule has 2 atom stereocenters. The fourth-order valence-electron chi connectivity index (χ4n) is 1.28. The minimum Gasteiger partial charge on any atom is -0.351 e. The number of anilines is 1. The third-order valence-corrected chi connectivity index (χ3v) is 2.37. The molecule has 1 fully saturated rings. The van der Waals surface area contributed by atoms with E-state index in [1.54, 1.807) is 0 Å². The highest BCUT2D eigenvalue weighted by molar-refractivity contribution is 5.30. The Morgan fingerprint density at radius 1 is 1.47 bits per heavy atom. The van der Waals surface area contributed by atoms with Crippen molar-refractivity contribution in [2.75, 3.05) is 5.32 Å². The molecule has 0 aliphatic heterocycles. The zero-order chi connectivity index (χ0) is 11.1. The van der Waals surface area contributed by atoms with Gasteiger partial charge in [-0.2, -0.15) is 13.2 Å². The molecule has 0 aromatic carbocycles. The number of rotatable bonds is 2. The first-order chi connectivity index (χ1) is 6.97. The van der Waals surface area contributed by atoms with E-state index < -0.39 is 11.9 Å². The van der Waals surface area contributed by atoms with E-state index in [4.69, 9.17) is 0 Å². The van der Waals surface area contributed by atoms with Crippen molar-refractivity contribution in [1.29, 1.82) is 0 Å². The van der Waals surface area contributed by atoms with Gasteiger partial charge in [-0.15, -0.1) is 0 Å². The first kappa shape index (κ1) is 10.2. The van der Waals surface area contributed by atoms with Crippen LogP contribution in [0.5, 0.6) is 0 Å². The molecule has 2 unspecified atom stereocenters. The van der Waals surface area contributed by atoms with Gasteiger partial charge in [0.2, 0.25) is 5.95 Å². The van der Waals surface area contributed by atoms with E-state index in [0.29, 0.717) is 5.92 Å². The highest BCUT2D eigenvalue weighted by Gasteiger charge is 2.35. The molecule has 2 rings (SSSR count). The fourth-order valence-corrected chi connectivity index (χ4v) is 1.28. The van der Waals surface area contributed by atoms with Crippen LogP contribution in [0.25, 0.3) is 0 Å². The molecule has 3 nitrogen and oxygen atoms in total. The number of hydrogen-bond donors (Lipinski definition) is 1. The number of aromatic nitrogens is 2. The van der Waals surface area contributed by atoms with E-state index in [1.165, 1.54) is 0 Å². The van der Waals surface area contributed by atoms with Crippen LogP contribution in [0.4, 0.5) is 19.1 Å². The van der Waals surface area contributed by atoms with E-state index in [0.717, 1.165) is 18.7 Å². The van der Waals surface area contributed by atoms with Crippen LogP contribution in [0, 0.1) is 5.92 Å². The molecule has 0 radical (unpaired) electrons. The maximum Gasteiger partial charge on any atom is 0.433 e. The van der Waals surface area contributed by atoms with E-state index in [9.17, 15) is 13.2 Å². The summed E-state index contributed by atoms with van der Waals surface area (Å²) >= 11 is 0. The molecule has 1 heterocycles. The average Bonchev–Trinajstić information content (AvgIpc) is 2.81. The molecule has 0 spiro atoms. The van der Waals surface area contributed by atoms with Crippen molar-refractivity contribution in [3.63, 3.8) is 0 Å². The molecule has 1 aliphatic rings. The number of nitrogens with one attached hydrogen (secondary N) is 1. The highest BCUT2D eigenvalue weighted by atomic mass is 19.4. The first-order valence-electron chi connectivity index (χ1n) is 4.63. The molecule has 1 aromatic rings. The lowest BCUT2D eigenvalue weighted by Gasteiger charge is -2.07. The van der Waals surface area contributed by atoms with E-state index >= 15 is 0 Å². The van der Waals surface area contributed by atoms with Crippen molar-refractivity contribution in [3.05, 3.63) is 18.0 Å². The van der Waals surface area contributed by atoms with Crippen molar-refractivity contribution < 1.29 is 13.2 Å². The Bertz CT molecular complexity index is 364. The molecule has 6 heteroatoms.